The minimum absolute atomic E-state index is 0. The molecule has 1 fully saturated rings. The van der Waals surface area contributed by atoms with Gasteiger partial charge in [0.25, 0.3) is 0 Å². The topological polar surface area (TPSA) is 71.0 Å². The average Bonchev–Trinajstić information content (AvgIpc) is 3.32. The molecular weight excluding hydrogens is 505 g/mol. The Hall–Kier alpha value is -2.07. The first-order chi connectivity index (χ1) is 14.8. The SMILES string of the molecule is CCNC(=NCc1cccnc1OC)NCC(c1ccccc1OC)N1CCCC1.I. The summed E-state index contributed by atoms with van der Waals surface area (Å²) in [6.07, 6.45) is 4.20. The van der Waals surface area contributed by atoms with E-state index < -0.39 is 0 Å². The van der Waals surface area contributed by atoms with Crippen molar-refractivity contribution in [3.05, 3.63) is 53.7 Å². The lowest BCUT2D eigenvalue weighted by molar-refractivity contribution is 0.239. The van der Waals surface area contributed by atoms with Gasteiger partial charge in [0.15, 0.2) is 5.96 Å². The predicted molar refractivity (Wildman–Crippen MR) is 136 cm³/mol. The van der Waals surface area contributed by atoms with Crippen LogP contribution in [0.15, 0.2) is 47.6 Å². The normalized spacial score (nSPS) is 15.1. The van der Waals surface area contributed by atoms with Crippen LogP contribution in [-0.4, -0.2) is 56.2 Å². The quantitative estimate of drug-likeness (QED) is 0.288. The van der Waals surface area contributed by atoms with E-state index in [0.29, 0.717) is 12.4 Å². The lowest BCUT2D eigenvalue weighted by Gasteiger charge is -2.30. The van der Waals surface area contributed by atoms with Crippen LogP contribution >= 0.6 is 24.0 Å². The molecule has 0 amide bonds. The summed E-state index contributed by atoms with van der Waals surface area (Å²) in [5.41, 5.74) is 2.16. The summed E-state index contributed by atoms with van der Waals surface area (Å²) in [6, 6.07) is 12.4. The molecule has 1 atom stereocenters. The summed E-state index contributed by atoms with van der Waals surface area (Å²) >= 11 is 0. The summed E-state index contributed by atoms with van der Waals surface area (Å²) < 4.78 is 11.0. The second-order valence-corrected chi connectivity index (χ2v) is 7.25. The number of nitrogens with one attached hydrogen (secondary N) is 2. The third-order valence-electron chi connectivity index (χ3n) is 5.34. The first-order valence-corrected chi connectivity index (χ1v) is 10.6. The van der Waals surface area contributed by atoms with Gasteiger partial charge in [-0.25, -0.2) is 9.98 Å². The Morgan fingerprint density at radius 1 is 1.10 bits per heavy atom. The Morgan fingerprint density at radius 3 is 2.58 bits per heavy atom. The number of rotatable bonds is 9. The monoisotopic (exact) mass is 539 g/mol. The first-order valence-electron chi connectivity index (χ1n) is 10.6. The predicted octanol–water partition coefficient (Wildman–Crippen LogP) is 3.61. The molecule has 1 unspecified atom stereocenters. The van der Waals surface area contributed by atoms with Gasteiger partial charge in [-0.05, 0) is 45.0 Å². The van der Waals surface area contributed by atoms with Gasteiger partial charge >= 0.3 is 0 Å². The molecule has 2 heterocycles. The van der Waals surface area contributed by atoms with Crippen LogP contribution in [0.5, 0.6) is 11.6 Å². The molecule has 0 saturated carbocycles. The van der Waals surface area contributed by atoms with Crippen LogP contribution in [0, 0.1) is 0 Å². The molecule has 7 nitrogen and oxygen atoms in total. The van der Waals surface area contributed by atoms with Gasteiger partial charge in [0.05, 0.1) is 26.8 Å². The van der Waals surface area contributed by atoms with E-state index in [4.69, 9.17) is 14.5 Å². The number of benzene rings is 1. The molecule has 2 N–H and O–H groups in total. The number of guanidine groups is 1. The van der Waals surface area contributed by atoms with E-state index in [9.17, 15) is 0 Å². The van der Waals surface area contributed by atoms with Gasteiger partial charge in [0, 0.05) is 30.4 Å². The Bertz CT molecular complexity index is 827. The number of nitrogens with zero attached hydrogens (tertiary/aromatic N) is 3. The number of methoxy groups -OCH3 is 2. The minimum atomic E-state index is 0. The molecule has 1 aromatic carbocycles. The second kappa shape index (κ2) is 13.4. The Kier molecular flexibility index (Phi) is 10.9. The van der Waals surface area contributed by atoms with Crippen LogP contribution in [0.25, 0.3) is 0 Å². The van der Waals surface area contributed by atoms with E-state index in [1.54, 1.807) is 20.4 Å². The lowest BCUT2D eigenvalue weighted by atomic mass is 10.0. The van der Waals surface area contributed by atoms with Gasteiger partial charge in [0.2, 0.25) is 5.88 Å². The van der Waals surface area contributed by atoms with Crippen molar-refractivity contribution >= 4 is 29.9 Å². The summed E-state index contributed by atoms with van der Waals surface area (Å²) in [5.74, 6) is 2.32. The molecule has 2 aromatic rings. The summed E-state index contributed by atoms with van der Waals surface area (Å²) in [5, 5.41) is 6.88. The van der Waals surface area contributed by atoms with Crippen LogP contribution < -0.4 is 20.1 Å². The van der Waals surface area contributed by atoms with Crippen molar-refractivity contribution in [3.63, 3.8) is 0 Å². The summed E-state index contributed by atoms with van der Waals surface area (Å²) in [7, 11) is 3.37. The molecule has 1 aliphatic heterocycles. The standard InChI is InChI=1S/C23H33N5O2.HI/c1-4-24-23(26-16-18-10-9-13-25-22(18)30-3)27-17-20(28-14-7-8-15-28)19-11-5-6-12-21(19)29-2;/h5-6,9-13,20H,4,7-8,14-17H2,1-3H3,(H2,24,26,27);1H. The van der Waals surface area contributed by atoms with Gasteiger partial charge in [-0.1, -0.05) is 24.3 Å². The van der Waals surface area contributed by atoms with E-state index in [2.05, 4.69) is 39.6 Å². The molecule has 170 valence electrons. The van der Waals surface area contributed by atoms with Gasteiger partial charge in [-0.15, -0.1) is 24.0 Å². The first kappa shape index (κ1) is 25.2. The van der Waals surface area contributed by atoms with Gasteiger partial charge in [0.1, 0.15) is 5.75 Å². The molecule has 0 radical (unpaired) electrons. The molecule has 3 rings (SSSR count). The Morgan fingerprint density at radius 2 is 1.87 bits per heavy atom. The smallest absolute Gasteiger partial charge is 0.218 e. The van der Waals surface area contributed by atoms with Crippen molar-refractivity contribution in [1.82, 2.24) is 20.5 Å². The number of likely N-dealkylation sites (tertiary alicyclic amines) is 1. The molecule has 1 saturated heterocycles. The molecule has 0 aliphatic carbocycles. The number of hydrogen-bond acceptors (Lipinski definition) is 5. The van der Waals surface area contributed by atoms with Crippen molar-refractivity contribution in [1.29, 1.82) is 0 Å². The lowest BCUT2D eigenvalue weighted by Crippen LogP contribution is -2.42. The average molecular weight is 539 g/mol. The fourth-order valence-electron chi connectivity index (χ4n) is 3.86. The van der Waals surface area contributed by atoms with E-state index in [1.807, 2.05) is 24.3 Å². The third-order valence-corrected chi connectivity index (χ3v) is 5.34. The maximum absolute atomic E-state index is 5.65. The van der Waals surface area contributed by atoms with E-state index in [0.717, 1.165) is 43.5 Å². The summed E-state index contributed by atoms with van der Waals surface area (Å²) in [6.45, 7) is 6.31. The van der Waals surface area contributed by atoms with Crippen molar-refractivity contribution in [2.45, 2.75) is 32.4 Å². The number of aromatic nitrogens is 1. The maximum atomic E-state index is 5.65. The molecule has 31 heavy (non-hydrogen) atoms. The maximum Gasteiger partial charge on any atom is 0.218 e. The highest BCUT2D eigenvalue weighted by Gasteiger charge is 2.26. The fourth-order valence-corrected chi connectivity index (χ4v) is 3.86. The molecular formula is C23H34IN5O2. The zero-order chi connectivity index (χ0) is 21.2. The van der Waals surface area contributed by atoms with Crippen LogP contribution in [0.1, 0.15) is 36.9 Å². The number of hydrogen-bond donors (Lipinski definition) is 2. The number of aliphatic imine (C=N–C) groups is 1. The van der Waals surface area contributed by atoms with Crippen molar-refractivity contribution < 1.29 is 9.47 Å². The highest BCUT2D eigenvalue weighted by Crippen LogP contribution is 2.31. The van der Waals surface area contributed by atoms with Crippen LogP contribution in [0.2, 0.25) is 0 Å². The third kappa shape index (κ3) is 6.96. The molecule has 0 bridgehead atoms. The van der Waals surface area contributed by atoms with E-state index in [-0.39, 0.29) is 30.0 Å². The molecule has 1 aliphatic rings. The van der Waals surface area contributed by atoms with Crippen molar-refractivity contribution in [2.75, 3.05) is 40.4 Å². The zero-order valence-electron chi connectivity index (χ0n) is 18.6. The number of pyridine rings is 1. The number of ether oxygens (including phenoxy) is 2. The summed E-state index contributed by atoms with van der Waals surface area (Å²) in [4.78, 5) is 11.5. The number of para-hydroxylation sites is 1. The zero-order valence-corrected chi connectivity index (χ0v) is 21.0. The molecule has 0 spiro atoms. The molecule has 8 heteroatoms. The van der Waals surface area contributed by atoms with E-state index >= 15 is 0 Å². The van der Waals surface area contributed by atoms with Gasteiger partial charge in [-0.3, -0.25) is 4.90 Å². The van der Waals surface area contributed by atoms with E-state index in [1.165, 1.54) is 18.4 Å². The van der Waals surface area contributed by atoms with Gasteiger partial charge < -0.3 is 20.1 Å². The minimum Gasteiger partial charge on any atom is -0.496 e. The second-order valence-electron chi connectivity index (χ2n) is 7.25. The highest BCUT2D eigenvalue weighted by molar-refractivity contribution is 14.0. The fraction of sp³-hybridized carbons (Fsp3) is 0.478. The van der Waals surface area contributed by atoms with Crippen LogP contribution in [-0.2, 0) is 6.54 Å². The molecule has 1 aromatic heterocycles. The number of halogens is 1. The van der Waals surface area contributed by atoms with Crippen molar-refractivity contribution in [3.8, 4) is 11.6 Å². The van der Waals surface area contributed by atoms with Crippen LogP contribution in [0.4, 0.5) is 0 Å². The van der Waals surface area contributed by atoms with Crippen LogP contribution in [0.3, 0.4) is 0 Å². The largest absolute Gasteiger partial charge is 0.496 e. The Labute approximate surface area is 202 Å². The van der Waals surface area contributed by atoms with Gasteiger partial charge in [-0.2, -0.15) is 0 Å². The van der Waals surface area contributed by atoms with Crippen molar-refractivity contribution in [2.24, 2.45) is 4.99 Å². The highest BCUT2D eigenvalue weighted by atomic mass is 127. The Balaban J connectivity index is 0.00000341.